The van der Waals surface area contributed by atoms with E-state index in [2.05, 4.69) is 22.9 Å². The van der Waals surface area contributed by atoms with Gasteiger partial charge in [-0.1, -0.05) is 29.8 Å². The Morgan fingerprint density at radius 2 is 1.55 bits per heavy atom. The molecule has 7 nitrogen and oxygen atoms in total. The molecule has 0 aromatic heterocycles. The van der Waals surface area contributed by atoms with Crippen LogP contribution in [0, 0.1) is 13.8 Å². The maximum atomic E-state index is 13.7. The van der Waals surface area contributed by atoms with Crippen molar-refractivity contribution in [2.45, 2.75) is 20.4 Å². The fraction of sp³-hybridized carbons (Fsp3) is 0.385. The fourth-order valence-electron chi connectivity index (χ4n) is 4.53. The van der Waals surface area contributed by atoms with Crippen molar-refractivity contribution in [1.82, 2.24) is 14.7 Å². The molecule has 2 amide bonds. The highest BCUT2D eigenvalue weighted by atomic mass is 16.5. The molecule has 1 saturated heterocycles. The molecule has 174 valence electrons. The molecule has 4 rings (SSSR count). The number of nitrogens with zero attached hydrogens (tertiary/aromatic N) is 3. The summed E-state index contributed by atoms with van der Waals surface area (Å²) in [4.78, 5) is 33.0. The van der Waals surface area contributed by atoms with Crippen LogP contribution in [0.3, 0.4) is 0 Å². The first-order valence-electron chi connectivity index (χ1n) is 11.2. The monoisotopic (exact) mass is 449 g/mol. The molecule has 2 aliphatic heterocycles. The number of carbonyl (C=O) groups excluding carboxylic acids is 2. The van der Waals surface area contributed by atoms with Crippen molar-refractivity contribution in [3.8, 4) is 11.5 Å². The molecular weight excluding hydrogens is 418 g/mol. The SMILES string of the molecule is COc1ccc(CN2C(=O)C(c3ccc(C)cc3C)=C(N3CCN(C)CC3)C2=O)cc1OC. The molecule has 0 aliphatic carbocycles. The summed E-state index contributed by atoms with van der Waals surface area (Å²) in [5.74, 6) is 0.675. The quantitative estimate of drug-likeness (QED) is 0.632. The summed E-state index contributed by atoms with van der Waals surface area (Å²) in [6.45, 7) is 7.31. The molecule has 0 N–H and O–H groups in total. The Bertz CT molecular complexity index is 1120. The summed E-state index contributed by atoms with van der Waals surface area (Å²) in [6, 6.07) is 11.5. The number of ether oxygens (including phenoxy) is 2. The number of piperazine rings is 1. The van der Waals surface area contributed by atoms with Gasteiger partial charge in [0.2, 0.25) is 0 Å². The van der Waals surface area contributed by atoms with E-state index in [1.54, 1.807) is 20.3 Å². The summed E-state index contributed by atoms with van der Waals surface area (Å²) < 4.78 is 10.7. The van der Waals surface area contributed by atoms with Crippen molar-refractivity contribution in [2.24, 2.45) is 0 Å². The number of hydrogen-bond donors (Lipinski definition) is 0. The van der Waals surface area contributed by atoms with Gasteiger partial charge < -0.3 is 19.3 Å². The van der Waals surface area contributed by atoms with Gasteiger partial charge in [-0.3, -0.25) is 14.5 Å². The van der Waals surface area contributed by atoms with Crippen molar-refractivity contribution in [1.29, 1.82) is 0 Å². The van der Waals surface area contributed by atoms with Crippen LogP contribution in [-0.4, -0.2) is 74.0 Å². The van der Waals surface area contributed by atoms with Gasteiger partial charge in [-0.2, -0.15) is 0 Å². The highest BCUT2D eigenvalue weighted by molar-refractivity contribution is 6.35. The minimum Gasteiger partial charge on any atom is -0.493 e. The lowest BCUT2D eigenvalue weighted by molar-refractivity contribution is -0.138. The third kappa shape index (κ3) is 4.33. The molecule has 1 fully saturated rings. The van der Waals surface area contributed by atoms with Gasteiger partial charge in [0.05, 0.1) is 26.3 Å². The van der Waals surface area contributed by atoms with Crippen LogP contribution in [0.2, 0.25) is 0 Å². The summed E-state index contributed by atoms with van der Waals surface area (Å²) in [7, 11) is 5.22. The Morgan fingerprint density at radius 1 is 0.848 bits per heavy atom. The normalized spacial score (nSPS) is 17.2. The topological polar surface area (TPSA) is 62.3 Å². The molecule has 0 unspecified atom stereocenters. The van der Waals surface area contributed by atoms with E-state index in [9.17, 15) is 9.59 Å². The molecule has 0 spiro atoms. The molecule has 2 heterocycles. The van der Waals surface area contributed by atoms with E-state index in [4.69, 9.17) is 9.47 Å². The molecule has 0 bridgehead atoms. The van der Waals surface area contributed by atoms with Gasteiger partial charge in [0.25, 0.3) is 11.8 Å². The summed E-state index contributed by atoms with van der Waals surface area (Å²) in [6.07, 6.45) is 0. The molecular formula is C26H31N3O4. The van der Waals surface area contributed by atoms with Crippen molar-refractivity contribution in [3.05, 3.63) is 64.3 Å². The lowest BCUT2D eigenvalue weighted by Gasteiger charge is -2.34. The van der Waals surface area contributed by atoms with E-state index in [1.165, 1.54) is 4.90 Å². The third-order valence-electron chi connectivity index (χ3n) is 6.40. The molecule has 0 saturated carbocycles. The van der Waals surface area contributed by atoms with Crippen LogP contribution >= 0.6 is 0 Å². The number of aryl methyl sites for hydroxylation is 2. The first-order chi connectivity index (χ1) is 15.8. The number of likely N-dealkylation sites (N-methyl/N-ethyl adjacent to an activating group) is 1. The van der Waals surface area contributed by atoms with E-state index in [-0.39, 0.29) is 18.4 Å². The predicted octanol–water partition coefficient (Wildman–Crippen LogP) is 2.85. The largest absolute Gasteiger partial charge is 0.493 e. The first kappa shape index (κ1) is 22.9. The van der Waals surface area contributed by atoms with Crippen LogP contribution in [0.5, 0.6) is 11.5 Å². The van der Waals surface area contributed by atoms with Gasteiger partial charge >= 0.3 is 0 Å². The van der Waals surface area contributed by atoms with Gasteiger partial charge in [-0.05, 0) is 49.7 Å². The Morgan fingerprint density at radius 3 is 2.18 bits per heavy atom. The summed E-state index contributed by atoms with van der Waals surface area (Å²) in [5.41, 5.74) is 4.75. The second-order valence-corrected chi connectivity index (χ2v) is 8.72. The number of benzene rings is 2. The second kappa shape index (κ2) is 9.27. The van der Waals surface area contributed by atoms with Gasteiger partial charge in [0.1, 0.15) is 5.70 Å². The summed E-state index contributed by atoms with van der Waals surface area (Å²) in [5, 5.41) is 0. The number of amides is 2. The smallest absolute Gasteiger partial charge is 0.278 e. The van der Waals surface area contributed by atoms with Crippen molar-refractivity contribution in [2.75, 3.05) is 47.4 Å². The van der Waals surface area contributed by atoms with Crippen molar-refractivity contribution < 1.29 is 19.1 Å². The Balaban J connectivity index is 1.73. The Kier molecular flexibility index (Phi) is 6.42. The standard InChI is InChI=1S/C26H31N3O4/c1-17-6-8-20(18(2)14-17)23-24(28-12-10-27(3)11-13-28)26(31)29(25(23)30)16-19-7-9-21(32-4)22(15-19)33-5/h6-9,14-15H,10-13,16H2,1-5H3. The van der Waals surface area contributed by atoms with Crippen LogP contribution in [0.1, 0.15) is 22.3 Å². The second-order valence-electron chi connectivity index (χ2n) is 8.72. The highest BCUT2D eigenvalue weighted by Gasteiger charge is 2.42. The predicted molar refractivity (Wildman–Crippen MR) is 127 cm³/mol. The molecule has 2 aromatic rings. The number of carbonyl (C=O) groups is 2. The maximum Gasteiger partial charge on any atom is 0.278 e. The first-order valence-corrected chi connectivity index (χ1v) is 11.2. The van der Waals surface area contributed by atoms with Gasteiger partial charge in [-0.25, -0.2) is 0 Å². The Labute approximate surface area is 195 Å². The zero-order chi connectivity index (χ0) is 23.7. The molecule has 33 heavy (non-hydrogen) atoms. The zero-order valence-corrected chi connectivity index (χ0v) is 20.0. The molecule has 2 aliphatic rings. The lowest BCUT2D eigenvalue weighted by Crippen LogP contribution is -2.46. The minimum absolute atomic E-state index is 0.170. The molecule has 0 radical (unpaired) electrons. The number of methoxy groups -OCH3 is 2. The Hall–Kier alpha value is -3.32. The van der Waals surface area contributed by atoms with E-state index >= 15 is 0 Å². The van der Waals surface area contributed by atoms with Crippen molar-refractivity contribution >= 4 is 17.4 Å². The summed E-state index contributed by atoms with van der Waals surface area (Å²) >= 11 is 0. The average Bonchev–Trinajstić information content (AvgIpc) is 3.04. The van der Waals surface area contributed by atoms with Gasteiger partial charge in [-0.15, -0.1) is 0 Å². The van der Waals surface area contributed by atoms with Gasteiger partial charge in [0.15, 0.2) is 11.5 Å². The average molecular weight is 450 g/mol. The number of rotatable bonds is 6. The van der Waals surface area contributed by atoms with E-state index < -0.39 is 0 Å². The van der Waals surface area contributed by atoms with Crippen LogP contribution in [0.15, 0.2) is 42.1 Å². The highest BCUT2D eigenvalue weighted by Crippen LogP contribution is 2.36. The zero-order valence-electron chi connectivity index (χ0n) is 20.0. The number of hydrogen-bond acceptors (Lipinski definition) is 6. The van der Waals surface area contributed by atoms with Crippen LogP contribution in [0.25, 0.3) is 5.57 Å². The van der Waals surface area contributed by atoms with E-state index in [0.717, 1.165) is 35.3 Å². The lowest BCUT2D eigenvalue weighted by atomic mass is 9.97. The minimum atomic E-state index is -0.254. The van der Waals surface area contributed by atoms with Crippen LogP contribution in [0.4, 0.5) is 0 Å². The molecule has 0 atom stereocenters. The van der Waals surface area contributed by atoms with Crippen LogP contribution < -0.4 is 9.47 Å². The molecule has 2 aromatic carbocycles. The van der Waals surface area contributed by atoms with Crippen LogP contribution in [-0.2, 0) is 16.1 Å². The van der Waals surface area contributed by atoms with Gasteiger partial charge in [0, 0.05) is 26.2 Å². The fourth-order valence-corrected chi connectivity index (χ4v) is 4.53. The third-order valence-corrected chi connectivity index (χ3v) is 6.40. The maximum absolute atomic E-state index is 13.7. The van der Waals surface area contributed by atoms with Crippen molar-refractivity contribution in [3.63, 3.8) is 0 Å². The van der Waals surface area contributed by atoms with E-state index in [1.807, 2.05) is 38.1 Å². The molecule has 7 heteroatoms. The van der Waals surface area contributed by atoms with E-state index in [0.29, 0.717) is 35.9 Å². The number of imide groups is 1.